The lowest BCUT2D eigenvalue weighted by molar-refractivity contribution is -0.385. The van der Waals surface area contributed by atoms with Gasteiger partial charge in [0.25, 0.3) is 0 Å². The van der Waals surface area contributed by atoms with E-state index in [4.69, 9.17) is 10.00 Å². The number of nitro benzene ring substituents is 1. The average Bonchev–Trinajstić information content (AvgIpc) is 2.72. The molecule has 1 aromatic carbocycles. The molecule has 1 heterocycles. The smallest absolute Gasteiger partial charge is 0.402 e. The molecule has 1 aromatic rings. The molecule has 110 valence electrons. The maximum atomic E-state index is 12.2. The van der Waals surface area contributed by atoms with E-state index < -0.39 is 11.0 Å². The van der Waals surface area contributed by atoms with Crippen molar-refractivity contribution in [1.29, 1.82) is 5.26 Å². The highest BCUT2D eigenvalue weighted by Gasteiger charge is 2.26. The fourth-order valence-corrected chi connectivity index (χ4v) is 2.08. The van der Waals surface area contributed by atoms with Crippen LogP contribution in [0, 0.1) is 21.6 Å². The molecule has 0 N–H and O–H groups in total. The maximum Gasteiger partial charge on any atom is 0.435 e. The van der Waals surface area contributed by atoms with Crippen molar-refractivity contribution in [2.75, 3.05) is 13.1 Å². The number of hydrogen-bond donors (Lipinski definition) is 0. The Balaban J connectivity index is 2.17. The largest absolute Gasteiger partial charge is 0.435 e. The standard InChI is InChI=1S/C13H14N4O4/c14-10-15-8-4-1-5-9-16(15)13(18)21-12-7-3-2-6-11(12)17(19)20/h2-3,6-7H,1,4-5,8-9H2. The zero-order chi connectivity index (χ0) is 15.2. The molecule has 0 saturated carbocycles. The van der Waals surface area contributed by atoms with Crippen molar-refractivity contribution in [2.24, 2.45) is 0 Å². The molecule has 0 radical (unpaired) electrons. The van der Waals surface area contributed by atoms with Crippen LogP contribution in [0.2, 0.25) is 0 Å². The van der Waals surface area contributed by atoms with Gasteiger partial charge in [-0.15, -0.1) is 0 Å². The van der Waals surface area contributed by atoms with Gasteiger partial charge in [0, 0.05) is 12.6 Å². The minimum Gasteiger partial charge on any atom is -0.402 e. The number of nitro groups is 1. The molecule has 1 saturated heterocycles. The Morgan fingerprint density at radius 3 is 2.71 bits per heavy atom. The predicted octanol–water partition coefficient (Wildman–Crippen LogP) is 2.28. The van der Waals surface area contributed by atoms with Gasteiger partial charge in [-0.2, -0.15) is 5.26 Å². The second kappa shape index (κ2) is 6.56. The van der Waals surface area contributed by atoms with Crippen LogP contribution in [-0.2, 0) is 0 Å². The molecule has 0 bridgehead atoms. The highest BCUT2D eigenvalue weighted by molar-refractivity contribution is 5.72. The van der Waals surface area contributed by atoms with Gasteiger partial charge in [-0.05, 0) is 25.3 Å². The summed E-state index contributed by atoms with van der Waals surface area (Å²) in [7, 11) is 0. The molecule has 8 heteroatoms. The van der Waals surface area contributed by atoms with E-state index in [1.165, 1.54) is 28.2 Å². The number of carbonyl (C=O) groups is 1. The molecule has 8 nitrogen and oxygen atoms in total. The van der Waals surface area contributed by atoms with Gasteiger partial charge in [-0.25, -0.2) is 14.8 Å². The number of ether oxygens (including phenoxy) is 1. The van der Waals surface area contributed by atoms with E-state index in [1.54, 1.807) is 6.07 Å². The Bertz CT molecular complexity index is 584. The Hall–Kier alpha value is -2.82. The maximum absolute atomic E-state index is 12.2. The van der Waals surface area contributed by atoms with E-state index in [-0.39, 0.29) is 11.4 Å². The van der Waals surface area contributed by atoms with Gasteiger partial charge in [0.05, 0.1) is 11.5 Å². The Morgan fingerprint density at radius 1 is 1.29 bits per heavy atom. The topological polar surface area (TPSA) is 99.7 Å². The first-order valence-corrected chi connectivity index (χ1v) is 6.53. The summed E-state index contributed by atoms with van der Waals surface area (Å²) in [4.78, 5) is 22.4. The van der Waals surface area contributed by atoms with Crippen molar-refractivity contribution in [2.45, 2.75) is 19.3 Å². The van der Waals surface area contributed by atoms with E-state index in [0.29, 0.717) is 13.1 Å². The summed E-state index contributed by atoms with van der Waals surface area (Å²) in [5, 5.41) is 22.4. The molecule has 2 rings (SSSR count). The molecular formula is C13H14N4O4. The molecule has 0 aromatic heterocycles. The average molecular weight is 290 g/mol. The lowest BCUT2D eigenvalue weighted by Crippen LogP contribution is -2.45. The van der Waals surface area contributed by atoms with Crippen LogP contribution < -0.4 is 4.74 Å². The van der Waals surface area contributed by atoms with E-state index in [9.17, 15) is 14.9 Å². The second-order valence-corrected chi connectivity index (χ2v) is 4.50. The number of nitrogens with zero attached hydrogens (tertiary/aromatic N) is 4. The normalized spacial score (nSPS) is 15.0. The van der Waals surface area contributed by atoms with Crippen molar-refractivity contribution in [1.82, 2.24) is 10.0 Å². The minimum absolute atomic E-state index is 0.130. The SMILES string of the molecule is N#CN1CCCCCN1C(=O)Oc1ccccc1[N+](=O)[O-]. The number of hydrazine groups is 1. The van der Waals surface area contributed by atoms with Crippen LogP contribution in [0.15, 0.2) is 24.3 Å². The third-order valence-electron chi connectivity index (χ3n) is 3.12. The molecule has 1 aliphatic heterocycles. The summed E-state index contributed by atoms with van der Waals surface area (Å²) < 4.78 is 5.09. The van der Waals surface area contributed by atoms with Crippen LogP contribution in [0.1, 0.15) is 19.3 Å². The summed E-state index contributed by atoms with van der Waals surface area (Å²) in [5.74, 6) is -0.130. The van der Waals surface area contributed by atoms with Crippen molar-refractivity contribution >= 4 is 11.8 Å². The molecule has 0 aliphatic carbocycles. The summed E-state index contributed by atoms with van der Waals surface area (Å²) >= 11 is 0. The first-order chi connectivity index (χ1) is 10.1. The van der Waals surface area contributed by atoms with Gasteiger partial charge in [0.2, 0.25) is 5.75 Å². The van der Waals surface area contributed by atoms with Gasteiger partial charge >= 0.3 is 11.8 Å². The van der Waals surface area contributed by atoms with E-state index in [0.717, 1.165) is 19.3 Å². The van der Waals surface area contributed by atoms with E-state index in [1.807, 2.05) is 6.19 Å². The number of hydrogen-bond acceptors (Lipinski definition) is 6. The monoisotopic (exact) mass is 290 g/mol. The first kappa shape index (κ1) is 14.6. The van der Waals surface area contributed by atoms with E-state index in [2.05, 4.69) is 0 Å². The predicted molar refractivity (Wildman–Crippen MR) is 72.0 cm³/mol. The first-order valence-electron chi connectivity index (χ1n) is 6.53. The number of amides is 1. The lowest BCUT2D eigenvalue weighted by atomic mass is 10.2. The van der Waals surface area contributed by atoms with Gasteiger partial charge < -0.3 is 4.74 Å². The van der Waals surface area contributed by atoms with Gasteiger partial charge in [-0.1, -0.05) is 12.1 Å². The fourth-order valence-electron chi connectivity index (χ4n) is 2.08. The van der Waals surface area contributed by atoms with Crippen molar-refractivity contribution < 1.29 is 14.5 Å². The van der Waals surface area contributed by atoms with Crippen molar-refractivity contribution in [3.63, 3.8) is 0 Å². The number of nitriles is 1. The molecule has 0 spiro atoms. The van der Waals surface area contributed by atoms with Gasteiger partial charge in [0.1, 0.15) is 0 Å². The highest BCUT2D eigenvalue weighted by Crippen LogP contribution is 2.26. The van der Waals surface area contributed by atoms with Crippen LogP contribution in [-0.4, -0.2) is 34.1 Å². The summed E-state index contributed by atoms with van der Waals surface area (Å²) in [6.07, 6.45) is 3.61. The Morgan fingerprint density at radius 2 is 2.00 bits per heavy atom. The fraction of sp³-hybridized carbons (Fsp3) is 0.385. The zero-order valence-electron chi connectivity index (χ0n) is 11.3. The number of rotatable bonds is 2. The summed E-state index contributed by atoms with van der Waals surface area (Å²) in [5.41, 5.74) is -0.288. The van der Waals surface area contributed by atoms with Gasteiger partial charge in [-0.3, -0.25) is 10.1 Å². The summed E-state index contributed by atoms with van der Waals surface area (Å²) in [6.45, 7) is 0.787. The molecule has 21 heavy (non-hydrogen) atoms. The minimum atomic E-state index is -0.784. The Kier molecular flexibility index (Phi) is 4.56. The quantitative estimate of drug-likeness (QED) is 0.470. The number of benzene rings is 1. The molecule has 0 atom stereocenters. The third-order valence-corrected chi connectivity index (χ3v) is 3.12. The van der Waals surface area contributed by atoms with Gasteiger partial charge in [0.15, 0.2) is 6.19 Å². The zero-order valence-corrected chi connectivity index (χ0v) is 11.3. The molecule has 1 amide bonds. The van der Waals surface area contributed by atoms with Crippen LogP contribution in [0.25, 0.3) is 0 Å². The number of carbonyl (C=O) groups excluding carboxylic acids is 1. The van der Waals surface area contributed by atoms with Crippen molar-refractivity contribution in [3.05, 3.63) is 34.4 Å². The third kappa shape index (κ3) is 3.39. The lowest BCUT2D eigenvalue weighted by Gasteiger charge is -2.27. The molecule has 1 aliphatic rings. The molecular weight excluding hydrogens is 276 g/mol. The molecule has 1 fully saturated rings. The van der Waals surface area contributed by atoms with Crippen LogP contribution in [0.3, 0.4) is 0 Å². The van der Waals surface area contributed by atoms with Crippen molar-refractivity contribution in [3.8, 4) is 11.9 Å². The summed E-state index contributed by atoms with van der Waals surface area (Å²) in [6, 6.07) is 5.64. The highest BCUT2D eigenvalue weighted by atomic mass is 16.6. The molecule has 0 unspecified atom stereocenters. The van der Waals surface area contributed by atoms with E-state index >= 15 is 0 Å². The Labute approximate surface area is 121 Å². The van der Waals surface area contributed by atoms with Crippen LogP contribution in [0.4, 0.5) is 10.5 Å². The van der Waals surface area contributed by atoms with Crippen LogP contribution >= 0.6 is 0 Å². The number of para-hydroxylation sites is 2. The van der Waals surface area contributed by atoms with Crippen LogP contribution in [0.5, 0.6) is 5.75 Å². The second-order valence-electron chi connectivity index (χ2n) is 4.50.